The summed E-state index contributed by atoms with van der Waals surface area (Å²) in [6, 6.07) is 15.4. The summed E-state index contributed by atoms with van der Waals surface area (Å²) in [5, 5.41) is 11.2. The molecule has 0 aromatic heterocycles. The summed E-state index contributed by atoms with van der Waals surface area (Å²) >= 11 is 12.1. The molecule has 7 heteroatoms. The number of carbonyl (C=O) groups is 2. The van der Waals surface area contributed by atoms with E-state index in [9.17, 15) is 9.59 Å². The van der Waals surface area contributed by atoms with Gasteiger partial charge in [0, 0.05) is 34.6 Å². The molecule has 5 rings (SSSR count). The van der Waals surface area contributed by atoms with Gasteiger partial charge < -0.3 is 16.0 Å². The van der Waals surface area contributed by atoms with Crippen molar-refractivity contribution in [3.8, 4) is 0 Å². The van der Waals surface area contributed by atoms with Crippen LogP contribution in [-0.4, -0.2) is 36.0 Å². The van der Waals surface area contributed by atoms with E-state index in [0.29, 0.717) is 28.5 Å². The minimum Gasteiger partial charge on any atom is -0.351 e. The van der Waals surface area contributed by atoms with Gasteiger partial charge in [-0.2, -0.15) is 0 Å². The van der Waals surface area contributed by atoms with E-state index >= 15 is 0 Å². The maximum atomic E-state index is 13.4. The first-order chi connectivity index (χ1) is 15.9. The summed E-state index contributed by atoms with van der Waals surface area (Å²) < 4.78 is 0. The summed E-state index contributed by atoms with van der Waals surface area (Å²) in [5.41, 5.74) is 1.34. The Morgan fingerprint density at radius 1 is 0.939 bits per heavy atom. The van der Waals surface area contributed by atoms with Crippen LogP contribution < -0.4 is 16.0 Å². The largest absolute Gasteiger partial charge is 0.351 e. The summed E-state index contributed by atoms with van der Waals surface area (Å²) in [6.07, 6.45) is 6.19. The fourth-order valence-electron chi connectivity index (χ4n) is 5.38. The van der Waals surface area contributed by atoms with Crippen molar-refractivity contribution in [3.05, 3.63) is 69.7 Å². The van der Waals surface area contributed by atoms with Gasteiger partial charge in [-0.1, -0.05) is 47.5 Å². The van der Waals surface area contributed by atoms with Crippen molar-refractivity contribution in [2.24, 2.45) is 0 Å². The Morgan fingerprint density at radius 3 is 2.09 bits per heavy atom. The standard InChI is InChI=1S/C26H29Cl2N3O2/c27-18-5-1-16(2-6-18)13-23(24(32)30-22-14-20-9-10-21(15-22)29-20)31-25(33)26(11-12-26)17-3-7-19(28)8-4-17/h1-8,20-23,29H,9-15H2,(H,30,32)(H,31,33)/t20-,21-,23+/m0/s1. The normalized spacial score (nSPS) is 25.8. The van der Waals surface area contributed by atoms with Crippen molar-refractivity contribution in [1.82, 2.24) is 16.0 Å². The summed E-state index contributed by atoms with van der Waals surface area (Å²) in [7, 11) is 0. The first-order valence-electron chi connectivity index (χ1n) is 11.8. The van der Waals surface area contributed by atoms with Crippen LogP contribution in [0, 0.1) is 0 Å². The van der Waals surface area contributed by atoms with Crippen molar-refractivity contribution in [2.75, 3.05) is 0 Å². The topological polar surface area (TPSA) is 70.2 Å². The van der Waals surface area contributed by atoms with Gasteiger partial charge in [-0.15, -0.1) is 0 Å². The molecule has 174 valence electrons. The van der Waals surface area contributed by atoms with Crippen molar-refractivity contribution in [2.45, 2.75) is 74.5 Å². The highest BCUT2D eigenvalue weighted by Crippen LogP contribution is 2.48. The molecule has 0 unspecified atom stereocenters. The molecule has 3 fully saturated rings. The third kappa shape index (κ3) is 5.06. The highest BCUT2D eigenvalue weighted by molar-refractivity contribution is 6.30. The van der Waals surface area contributed by atoms with Gasteiger partial charge in [0.1, 0.15) is 6.04 Å². The number of fused-ring (bicyclic) bond motifs is 2. The molecule has 2 amide bonds. The number of nitrogens with one attached hydrogen (secondary N) is 3. The number of carbonyl (C=O) groups excluding carboxylic acids is 2. The second kappa shape index (κ2) is 9.28. The van der Waals surface area contributed by atoms with Gasteiger partial charge in [0.25, 0.3) is 0 Å². The Hall–Kier alpha value is -2.08. The van der Waals surface area contributed by atoms with Crippen molar-refractivity contribution in [3.63, 3.8) is 0 Å². The van der Waals surface area contributed by atoms with E-state index in [4.69, 9.17) is 23.2 Å². The Kier molecular flexibility index (Phi) is 6.39. The van der Waals surface area contributed by atoms with Crippen LogP contribution in [0.15, 0.2) is 48.5 Å². The first-order valence-corrected chi connectivity index (χ1v) is 12.5. The molecule has 33 heavy (non-hydrogen) atoms. The summed E-state index contributed by atoms with van der Waals surface area (Å²) in [6.45, 7) is 0. The Bertz CT molecular complexity index is 1010. The SMILES string of the molecule is O=C(NC1C[C@@H]2CC[C@@H](C1)N2)[C@@H](Cc1ccc(Cl)cc1)NC(=O)C1(c2ccc(Cl)cc2)CC1. The fraction of sp³-hybridized carbons (Fsp3) is 0.462. The van der Waals surface area contributed by atoms with Crippen LogP contribution in [0.5, 0.6) is 0 Å². The minimum atomic E-state index is -0.643. The molecule has 3 atom stereocenters. The average Bonchev–Trinajstić information content (AvgIpc) is 3.54. The highest BCUT2D eigenvalue weighted by atomic mass is 35.5. The molecule has 2 aromatic carbocycles. The molecule has 5 nitrogen and oxygen atoms in total. The number of hydrogen-bond donors (Lipinski definition) is 3. The molecule has 1 saturated carbocycles. The molecule has 2 heterocycles. The predicted molar refractivity (Wildman–Crippen MR) is 131 cm³/mol. The number of benzene rings is 2. The Labute approximate surface area is 204 Å². The maximum absolute atomic E-state index is 13.4. The smallest absolute Gasteiger partial charge is 0.243 e. The molecule has 0 spiro atoms. The zero-order valence-electron chi connectivity index (χ0n) is 18.5. The third-order valence-corrected chi connectivity index (χ3v) is 7.88. The van der Waals surface area contributed by atoms with Gasteiger partial charge >= 0.3 is 0 Å². The monoisotopic (exact) mass is 485 g/mol. The zero-order chi connectivity index (χ0) is 23.0. The van der Waals surface area contributed by atoms with Crippen LogP contribution in [0.4, 0.5) is 0 Å². The molecular formula is C26H29Cl2N3O2. The maximum Gasteiger partial charge on any atom is 0.243 e. The van der Waals surface area contributed by atoms with Crippen LogP contribution in [-0.2, 0) is 21.4 Å². The van der Waals surface area contributed by atoms with Crippen LogP contribution in [0.25, 0.3) is 0 Å². The molecule has 2 aliphatic heterocycles. The lowest BCUT2D eigenvalue weighted by Gasteiger charge is -2.31. The molecule has 2 saturated heterocycles. The minimum absolute atomic E-state index is 0.0932. The molecule has 1 aliphatic carbocycles. The third-order valence-electron chi connectivity index (χ3n) is 7.38. The van der Waals surface area contributed by atoms with Gasteiger partial charge in [-0.05, 0) is 73.9 Å². The van der Waals surface area contributed by atoms with E-state index in [1.165, 1.54) is 12.8 Å². The first kappa shape index (κ1) is 22.7. The van der Waals surface area contributed by atoms with Crippen LogP contribution in [0.3, 0.4) is 0 Å². The van der Waals surface area contributed by atoms with Crippen LogP contribution in [0.1, 0.15) is 49.7 Å². The van der Waals surface area contributed by atoms with E-state index in [0.717, 1.165) is 36.8 Å². The quantitative estimate of drug-likeness (QED) is 0.551. The van der Waals surface area contributed by atoms with Gasteiger partial charge in [0.2, 0.25) is 11.8 Å². The molecule has 2 bridgehead atoms. The van der Waals surface area contributed by atoms with Crippen LogP contribution >= 0.6 is 23.2 Å². The van der Waals surface area contributed by atoms with Crippen molar-refractivity contribution in [1.29, 1.82) is 0 Å². The van der Waals surface area contributed by atoms with Crippen molar-refractivity contribution < 1.29 is 9.59 Å². The fourth-order valence-corrected chi connectivity index (χ4v) is 5.63. The number of halogens is 2. The average molecular weight is 486 g/mol. The van der Waals surface area contributed by atoms with Crippen LogP contribution in [0.2, 0.25) is 10.0 Å². The van der Waals surface area contributed by atoms with Gasteiger partial charge in [-0.3, -0.25) is 9.59 Å². The number of hydrogen-bond acceptors (Lipinski definition) is 3. The summed E-state index contributed by atoms with van der Waals surface area (Å²) in [4.78, 5) is 26.8. The number of piperidine rings is 1. The Morgan fingerprint density at radius 2 is 1.52 bits per heavy atom. The predicted octanol–water partition coefficient (Wildman–Crippen LogP) is 4.15. The molecule has 3 aliphatic rings. The number of amides is 2. The lowest BCUT2D eigenvalue weighted by atomic mass is 9.94. The van der Waals surface area contributed by atoms with E-state index in [2.05, 4.69) is 16.0 Å². The van der Waals surface area contributed by atoms with Gasteiger partial charge in [0.15, 0.2) is 0 Å². The van der Waals surface area contributed by atoms with Gasteiger partial charge in [-0.25, -0.2) is 0 Å². The lowest BCUT2D eigenvalue weighted by molar-refractivity contribution is -0.130. The second-order valence-corrected chi connectivity index (χ2v) is 10.6. The molecular weight excluding hydrogens is 457 g/mol. The summed E-state index contributed by atoms with van der Waals surface area (Å²) in [5.74, 6) is -0.208. The Balaban J connectivity index is 1.32. The molecule has 0 radical (unpaired) electrons. The van der Waals surface area contributed by atoms with E-state index < -0.39 is 11.5 Å². The second-order valence-electron chi connectivity index (χ2n) is 9.76. The zero-order valence-corrected chi connectivity index (χ0v) is 20.0. The highest BCUT2D eigenvalue weighted by Gasteiger charge is 2.52. The van der Waals surface area contributed by atoms with E-state index in [1.807, 2.05) is 48.5 Å². The number of rotatable bonds is 7. The molecule has 2 aromatic rings. The molecule has 3 N–H and O–H groups in total. The van der Waals surface area contributed by atoms with Crippen molar-refractivity contribution >= 4 is 35.0 Å². The van der Waals surface area contributed by atoms with Gasteiger partial charge in [0.05, 0.1) is 5.41 Å². The van der Waals surface area contributed by atoms with E-state index in [-0.39, 0.29) is 17.9 Å². The lowest BCUT2D eigenvalue weighted by Crippen LogP contribution is -2.55. The van der Waals surface area contributed by atoms with E-state index in [1.54, 1.807) is 0 Å².